The van der Waals surface area contributed by atoms with Crippen LogP contribution in [0.25, 0.3) is 0 Å². The minimum Gasteiger partial charge on any atom is -0.358 e. The minimum atomic E-state index is 0.597. The molecule has 1 rings (SSSR count). The van der Waals surface area contributed by atoms with Crippen LogP contribution in [0.4, 0.5) is 5.82 Å². The third kappa shape index (κ3) is 3.56. The van der Waals surface area contributed by atoms with Gasteiger partial charge >= 0.3 is 0 Å². The zero-order chi connectivity index (χ0) is 11.3. The number of nitrogens with zero attached hydrogens (tertiary/aromatic N) is 4. The molecule has 0 amide bonds. The van der Waals surface area contributed by atoms with Crippen LogP contribution < -0.4 is 4.90 Å². The first-order valence-electron chi connectivity index (χ1n) is 4.85. The van der Waals surface area contributed by atoms with Crippen LogP contribution in [-0.4, -0.2) is 44.1 Å². The summed E-state index contributed by atoms with van der Waals surface area (Å²) >= 11 is 0. The van der Waals surface area contributed by atoms with Crippen LogP contribution in [0.15, 0.2) is 18.3 Å². The molecule has 4 heteroatoms. The Balaban J connectivity index is 2.58. The first-order chi connectivity index (χ1) is 7.13. The third-order valence-electron chi connectivity index (χ3n) is 2.15. The van der Waals surface area contributed by atoms with E-state index in [-0.39, 0.29) is 0 Å². The van der Waals surface area contributed by atoms with Gasteiger partial charge in [0.05, 0.1) is 5.56 Å². The lowest BCUT2D eigenvalue weighted by Crippen LogP contribution is -2.28. The summed E-state index contributed by atoms with van der Waals surface area (Å²) in [6.45, 7) is 1.91. The number of nitriles is 1. The average Bonchev–Trinajstić information content (AvgIpc) is 2.26. The summed E-state index contributed by atoms with van der Waals surface area (Å²) in [6, 6.07) is 5.71. The lowest BCUT2D eigenvalue weighted by Gasteiger charge is -2.20. The summed E-state index contributed by atoms with van der Waals surface area (Å²) in [7, 11) is 6.08. The summed E-state index contributed by atoms with van der Waals surface area (Å²) < 4.78 is 0. The Morgan fingerprint density at radius 1 is 1.27 bits per heavy atom. The summed E-state index contributed by atoms with van der Waals surface area (Å²) in [6.07, 6.45) is 1.60. The molecule has 0 aliphatic rings. The molecule has 1 aromatic rings. The predicted octanol–water partition coefficient (Wildman–Crippen LogP) is 0.951. The second-order valence-electron chi connectivity index (χ2n) is 3.74. The van der Waals surface area contributed by atoms with Crippen LogP contribution in [0.5, 0.6) is 0 Å². The Labute approximate surface area is 90.8 Å². The van der Waals surface area contributed by atoms with Crippen molar-refractivity contribution in [2.24, 2.45) is 0 Å². The predicted molar refractivity (Wildman–Crippen MR) is 60.8 cm³/mol. The highest BCUT2D eigenvalue weighted by Crippen LogP contribution is 2.08. The number of rotatable bonds is 4. The van der Waals surface area contributed by atoms with E-state index < -0.39 is 0 Å². The van der Waals surface area contributed by atoms with Gasteiger partial charge in [-0.1, -0.05) is 0 Å². The van der Waals surface area contributed by atoms with Gasteiger partial charge in [-0.2, -0.15) is 5.26 Å². The fourth-order valence-corrected chi connectivity index (χ4v) is 1.14. The van der Waals surface area contributed by atoms with Crippen molar-refractivity contribution < 1.29 is 0 Å². The number of anilines is 1. The van der Waals surface area contributed by atoms with Crippen molar-refractivity contribution in [2.45, 2.75) is 0 Å². The highest BCUT2D eigenvalue weighted by Gasteiger charge is 2.02. The van der Waals surface area contributed by atoms with Gasteiger partial charge in [-0.3, -0.25) is 0 Å². The molecule has 1 aromatic heterocycles. The molecule has 0 spiro atoms. The second-order valence-corrected chi connectivity index (χ2v) is 3.74. The molecule has 4 nitrogen and oxygen atoms in total. The zero-order valence-electron chi connectivity index (χ0n) is 9.44. The van der Waals surface area contributed by atoms with Crippen molar-refractivity contribution in [3.8, 4) is 6.07 Å². The smallest absolute Gasteiger partial charge is 0.128 e. The molecular formula is C11H16N4. The van der Waals surface area contributed by atoms with Gasteiger partial charge in [0.15, 0.2) is 0 Å². The fourth-order valence-electron chi connectivity index (χ4n) is 1.14. The van der Waals surface area contributed by atoms with E-state index in [1.807, 2.05) is 27.2 Å². The Morgan fingerprint density at radius 3 is 2.47 bits per heavy atom. The number of likely N-dealkylation sites (N-methyl/N-ethyl adjacent to an activating group) is 2. The van der Waals surface area contributed by atoms with Crippen molar-refractivity contribution in [3.05, 3.63) is 23.9 Å². The number of hydrogen-bond donors (Lipinski definition) is 0. The van der Waals surface area contributed by atoms with Gasteiger partial charge < -0.3 is 9.80 Å². The molecule has 0 unspecified atom stereocenters. The molecule has 0 atom stereocenters. The van der Waals surface area contributed by atoms with Crippen molar-refractivity contribution in [1.82, 2.24) is 9.88 Å². The highest BCUT2D eigenvalue weighted by molar-refractivity contribution is 5.40. The molecule has 0 radical (unpaired) electrons. The Hall–Kier alpha value is -1.60. The number of hydrogen-bond acceptors (Lipinski definition) is 4. The first kappa shape index (κ1) is 11.5. The molecule has 80 valence electrons. The largest absolute Gasteiger partial charge is 0.358 e. The molecule has 0 aliphatic carbocycles. The molecule has 0 fully saturated rings. The van der Waals surface area contributed by atoms with E-state index in [9.17, 15) is 0 Å². The van der Waals surface area contributed by atoms with Crippen molar-refractivity contribution >= 4 is 5.82 Å². The molecule has 0 aromatic carbocycles. The van der Waals surface area contributed by atoms with Crippen LogP contribution in [0.3, 0.4) is 0 Å². The van der Waals surface area contributed by atoms with E-state index in [2.05, 4.69) is 20.9 Å². The minimum absolute atomic E-state index is 0.597. The van der Waals surface area contributed by atoms with Crippen molar-refractivity contribution in [3.63, 3.8) is 0 Å². The van der Waals surface area contributed by atoms with Crippen LogP contribution in [0.1, 0.15) is 5.56 Å². The molecule has 0 N–H and O–H groups in total. The van der Waals surface area contributed by atoms with Crippen LogP contribution in [-0.2, 0) is 0 Å². The number of pyridine rings is 1. The van der Waals surface area contributed by atoms with E-state index in [4.69, 9.17) is 5.26 Å². The lowest BCUT2D eigenvalue weighted by molar-refractivity contribution is 0.416. The monoisotopic (exact) mass is 204 g/mol. The van der Waals surface area contributed by atoms with Crippen molar-refractivity contribution in [2.75, 3.05) is 39.1 Å². The van der Waals surface area contributed by atoms with Crippen molar-refractivity contribution in [1.29, 1.82) is 5.26 Å². The normalized spacial score (nSPS) is 10.1. The standard InChI is InChI=1S/C11H16N4/c1-14(2)6-7-15(3)11-5-4-10(8-12)9-13-11/h4-5,9H,6-7H2,1-3H3. The molecular weight excluding hydrogens is 188 g/mol. The molecule has 0 saturated carbocycles. The fraction of sp³-hybridized carbons (Fsp3) is 0.455. The molecule has 1 heterocycles. The van der Waals surface area contributed by atoms with Gasteiger partial charge in [-0.15, -0.1) is 0 Å². The zero-order valence-corrected chi connectivity index (χ0v) is 9.44. The van der Waals surface area contributed by atoms with E-state index >= 15 is 0 Å². The maximum atomic E-state index is 8.63. The Bertz CT molecular complexity index is 337. The molecule has 0 aliphatic heterocycles. The summed E-state index contributed by atoms with van der Waals surface area (Å²) in [4.78, 5) is 8.41. The van der Waals surface area contributed by atoms with E-state index in [0.717, 1.165) is 18.9 Å². The third-order valence-corrected chi connectivity index (χ3v) is 2.15. The molecule has 0 bridgehead atoms. The highest BCUT2D eigenvalue weighted by atomic mass is 15.2. The Kier molecular flexibility index (Phi) is 4.07. The topological polar surface area (TPSA) is 43.2 Å². The van der Waals surface area contributed by atoms with E-state index in [1.165, 1.54) is 0 Å². The van der Waals surface area contributed by atoms with Crippen LogP contribution in [0, 0.1) is 11.3 Å². The van der Waals surface area contributed by atoms with Gasteiger partial charge in [0, 0.05) is 26.3 Å². The quantitative estimate of drug-likeness (QED) is 0.732. The summed E-state index contributed by atoms with van der Waals surface area (Å²) in [5, 5.41) is 8.63. The first-order valence-corrected chi connectivity index (χ1v) is 4.85. The van der Waals surface area contributed by atoms with Gasteiger partial charge in [-0.05, 0) is 26.2 Å². The lowest BCUT2D eigenvalue weighted by atomic mass is 10.3. The van der Waals surface area contributed by atoms with Gasteiger partial charge in [0.2, 0.25) is 0 Å². The maximum Gasteiger partial charge on any atom is 0.128 e. The summed E-state index contributed by atoms with van der Waals surface area (Å²) in [5.74, 6) is 0.899. The molecule has 15 heavy (non-hydrogen) atoms. The average molecular weight is 204 g/mol. The van der Waals surface area contributed by atoms with Crippen LogP contribution in [0.2, 0.25) is 0 Å². The number of aromatic nitrogens is 1. The Morgan fingerprint density at radius 2 is 2.00 bits per heavy atom. The summed E-state index contributed by atoms with van der Waals surface area (Å²) in [5.41, 5.74) is 0.597. The van der Waals surface area contributed by atoms with Gasteiger partial charge in [0.1, 0.15) is 11.9 Å². The second kappa shape index (κ2) is 5.32. The SMILES string of the molecule is CN(C)CCN(C)c1ccc(C#N)cn1. The maximum absolute atomic E-state index is 8.63. The van der Waals surface area contributed by atoms with Crippen LogP contribution >= 0.6 is 0 Å². The molecule has 0 saturated heterocycles. The van der Waals surface area contributed by atoms with E-state index in [1.54, 1.807) is 12.3 Å². The van der Waals surface area contributed by atoms with Gasteiger partial charge in [-0.25, -0.2) is 4.98 Å². The van der Waals surface area contributed by atoms with E-state index in [0.29, 0.717) is 5.56 Å². The van der Waals surface area contributed by atoms with Gasteiger partial charge in [0.25, 0.3) is 0 Å².